The van der Waals surface area contributed by atoms with Crippen LogP contribution >= 0.6 is 0 Å². The molecular weight excluding hydrogens is 168 g/mol. The Bertz CT molecular complexity index is 323. The van der Waals surface area contributed by atoms with Crippen molar-refractivity contribution in [2.24, 2.45) is 0 Å². The van der Waals surface area contributed by atoms with Gasteiger partial charge in [0.1, 0.15) is 0 Å². The molecule has 0 aromatic heterocycles. The van der Waals surface area contributed by atoms with Crippen LogP contribution < -0.4 is 0 Å². The van der Waals surface area contributed by atoms with Crippen molar-refractivity contribution in [3.63, 3.8) is 0 Å². The molecule has 1 unspecified atom stereocenters. The second kappa shape index (κ2) is 3.76. The number of rotatable bonds is 1. The monoisotopic (exact) mass is 188 g/mol. The first-order chi connectivity index (χ1) is 6.70. The highest BCUT2D eigenvalue weighted by molar-refractivity contribution is 5.41. The van der Waals surface area contributed by atoms with Gasteiger partial charge in [-0.05, 0) is 47.8 Å². The summed E-state index contributed by atoms with van der Waals surface area (Å²) in [6.45, 7) is 6.98. The lowest BCUT2D eigenvalue weighted by molar-refractivity contribution is 0.580. The first-order valence-corrected chi connectivity index (χ1v) is 5.82. The summed E-state index contributed by atoms with van der Waals surface area (Å²) in [4.78, 5) is 0. The van der Waals surface area contributed by atoms with Crippen molar-refractivity contribution in [2.75, 3.05) is 0 Å². The van der Waals surface area contributed by atoms with Crippen molar-refractivity contribution < 1.29 is 0 Å². The van der Waals surface area contributed by atoms with Crippen LogP contribution in [0.4, 0.5) is 0 Å². The molecule has 0 amide bonds. The molecule has 0 heterocycles. The highest BCUT2D eigenvalue weighted by atomic mass is 14.2. The molecule has 1 aromatic carbocycles. The third-order valence-corrected chi connectivity index (χ3v) is 3.43. The summed E-state index contributed by atoms with van der Waals surface area (Å²) < 4.78 is 0. The minimum atomic E-state index is 0.672. The summed E-state index contributed by atoms with van der Waals surface area (Å²) in [5.74, 6) is 1.45. The average Bonchev–Trinajstić information content (AvgIpc) is 2.17. The lowest BCUT2D eigenvalue weighted by Gasteiger charge is -2.26. The molecule has 0 saturated carbocycles. The van der Waals surface area contributed by atoms with Crippen molar-refractivity contribution in [2.45, 2.75) is 51.9 Å². The van der Waals surface area contributed by atoms with Crippen LogP contribution in [0.5, 0.6) is 0 Å². The molecule has 1 aliphatic rings. The molecule has 0 radical (unpaired) electrons. The molecule has 0 aliphatic heterocycles. The zero-order valence-corrected chi connectivity index (χ0v) is 9.51. The fraction of sp³-hybridized carbons (Fsp3) is 0.571. The summed E-state index contributed by atoms with van der Waals surface area (Å²) in [5, 5.41) is 0. The lowest BCUT2D eigenvalue weighted by Crippen LogP contribution is -2.10. The van der Waals surface area contributed by atoms with E-state index in [4.69, 9.17) is 0 Å². The number of benzene rings is 1. The van der Waals surface area contributed by atoms with Gasteiger partial charge in [0.2, 0.25) is 0 Å². The van der Waals surface area contributed by atoms with E-state index >= 15 is 0 Å². The van der Waals surface area contributed by atoms with E-state index in [-0.39, 0.29) is 0 Å². The van der Waals surface area contributed by atoms with E-state index in [1.807, 2.05) is 0 Å². The van der Waals surface area contributed by atoms with Crippen LogP contribution in [0.3, 0.4) is 0 Å². The molecule has 1 atom stereocenters. The van der Waals surface area contributed by atoms with Gasteiger partial charge in [-0.1, -0.05) is 39.0 Å². The normalized spacial score (nSPS) is 21.0. The van der Waals surface area contributed by atoms with E-state index in [0.717, 1.165) is 5.92 Å². The molecule has 2 rings (SSSR count). The van der Waals surface area contributed by atoms with Crippen molar-refractivity contribution in [3.8, 4) is 0 Å². The SMILES string of the molecule is CC(C)c1cccc2c1C(C)CCC2. The highest BCUT2D eigenvalue weighted by Crippen LogP contribution is 2.36. The summed E-state index contributed by atoms with van der Waals surface area (Å²) in [7, 11) is 0. The second-order valence-electron chi connectivity index (χ2n) is 4.87. The molecule has 0 nitrogen and oxygen atoms in total. The minimum absolute atomic E-state index is 0.672. The van der Waals surface area contributed by atoms with Gasteiger partial charge >= 0.3 is 0 Å². The molecular formula is C14H20. The molecule has 1 aromatic rings. The van der Waals surface area contributed by atoms with Crippen LogP contribution in [0.1, 0.15) is 62.1 Å². The molecule has 14 heavy (non-hydrogen) atoms. The van der Waals surface area contributed by atoms with Crippen LogP contribution in [0, 0.1) is 0 Å². The van der Waals surface area contributed by atoms with E-state index in [1.54, 1.807) is 16.7 Å². The Morgan fingerprint density at radius 1 is 1.29 bits per heavy atom. The first kappa shape index (κ1) is 9.76. The quantitative estimate of drug-likeness (QED) is 0.618. The molecule has 0 heteroatoms. The minimum Gasteiger partial charge on any atom is -0.0617 e. The van der Waals surface area contributed by atoms with Gasteiger partial charge in [-0.15, -0.1) is 0 Å². The zero-order valence-electron chi connectivity index (χ0n) is 9.51. The number of hydrogen-bond acceptors (Lipinski definition) is 0. The van der Waals surface area contributed by atoms with Gasteiger partial charge in [-0.2, -0.15) is 0 Å². The third kappa shape index (κ3) is 1.58. The van der Waals surface area contributed by atoms with Crippen LogP contribution in [0.25, 0.3) is 0 Å². The first-order valence-electron chi connectivity index (χ1n) is 5.82. The van der Waals surface area contributed by atoms with Gasteiger partial charge in [-0.25, -0.2) is 0 Å². The Morgan fingerprint density at radius 2 is 2.07 bits per heavy atom. The summed E-state index contributed by atoms with van der Waals surface area (Å²) in [6, 6.07) is 6.86. The Labute approximate surface area is 87.3 Å². The smallest absolute Gasteiger partial charge is 0.0185 e. The predicted octanol–water partition coefficient (Wildman–Crippen LogP) is 4.25. The standard InChI is InChI=1S/C14H20/c1-10(2)13-9-5-8-12-7-4-6-11(3)14(12)13/h5,8-11H,4,6-7H2,1-3H3. The lowest BCUT2D eigenvalue weighted by atomic mass is 9.79. The maximum absolute atomic E-state index is 2.38. The van der Waals surface area contributed by atoms with E-state index in [1.165, 1.54) is 19.3 Å². The van der Waals surface area contributed by atoms with Gasteiger partial charge in [0.25, 0.3) is 0 Å². The maximum atomic E-state index is 2.38. The summed E-state index contributed by atoms with van der Waals surface area (Å²) >= 11 is 0. The molecule has 76 valence electrons. The van der Waals surface area contributed by atoms with Crippen molar-refractivity contribution in [1.29, 1.82) is 0 Å². The van der Waals surface area contributed by atoms with Crippen LogP contribution in [0.15, 0.2) is 18.2 Å². The van der Waals surface area contributed by atoms with E-state index in [9.17, 15) is 0 Å². The van der Waals surface area contributed by atoms with E-state index in [2.05, 4.69) is 39.0 Å². The Hall–Kier alpha value is -0.780. The molecule has 0 bridgehead atoms. The summed E-state index contributed by atoms with van der Waals surface area (Å²) in [6.07, 6.45) is 4.03. The summed E-state index contributed by atoms with van der Waals surface area (Å²) in [5.41, 5.74) is 4.85. The molecule has 0 N–H and O–H groups in total. The van der Waals surface area contributed by atoms with E-state index in [0.29, 0.717) is 5.92 Å². The Kier molecular flexibility index (Phi) is 2.62. The number of hydrogen-bond donors (Lipinski definition) is 0. The Balaban J connectivity index is 2.52. The van der Waals surface area contributed by atoms with E-state index < -0.39 is 0 Å². The number of fused-ring (bicyclic) bond motifs is 1. The van der Waals surface area contributed by atoms with Gasteiger partial charge in [0, 0.05) is 0 Å². The number of aryl methyl sites for hydroxylation is 1. The van der Waals surface area contributed by atoms with Gasteiger partial charge in [0.05, 0.1) is 0 Å². The fourth-order valence-electron chi connectivity index (χ4n) is 2.70. The van der Waals surface area contributed by atoms with Crippen LogP contribution in [-0.4, -0.2) is 0 Å². The van der Waals surface area contributed by atoms with Crippen LogP contribution in [-0.2, 0) is 6.42 Å². The van der Waals surface area contributed by atoms with Crippen LogP contribution in [0.2, 0.25) is 0 Å². The zero-order chi connectivity index (χ0) is 10.1. The molecule has 1 aliphatic carbocycles. The molecule has 0 fully saturated rings. The van der Waals surface area contributed by atoms with Gasteiger partial charge in [0.15, 0.2) is 0 Å². The maximum Gasteiger partial charge on any atom is -0.0185 e. The van der Waals surface area contributed by atoms with Gasteiger partial charge in [-0.3, -0.25) is 0 Å². The molecule has 0 saturated heterocycles. The van der Waals surface area contributed by atoms with Crippen molar-refractivity contribution in [3.05, 3.63) is 34.9 Å². The predicted molar refractivity (Wildman–Crippen MR) is 61.9 cm³/mol. The van der Waals surface area contributed by atoms with Crippen molar-refractivity contribution in [1.82, 2.24) is 0 Å². The fourth-order valence-corrected chi connectivity index (χ4v) is 2.70. The largest absolute Gasteiger partial charge is 0.0617 e. The van der Waals surface area contributed by atoms with Crippen molar-refractivity contribution >= 4 is 0 Å². The Morgan fingerprint density at radius 3 is 2.79 bits per heavy atom. The van der Waals surface area contributed by atoms with Gasteiger partial charge < -0.3 is 0 Å². The topological polar surface area (TPSA) is 0 Å². The third-order valence-electron chi connectivity index (χ3n) is 3.43. The highest BCUT2D eigenvalue weighted by Gasteiger charge is 2.20. The average molecular weight is 188 g/mol. The molecule has 0 spiro atoms. The second-order valence-corrected chi connectivity index (χ2v) is 4.87.